The van der Waals surface area contributed by atoms with Gasteiger partial charge in [0, 0.05) is 11.8 Å². The second-order valence-electron chi connectivity index (χ2n) is 4.76. The first-order chi connectivity index (χ1) is 9.51. The summed E-state index contributed by atoms with van der Waals surface area (Å²) in [6.45, 7) is 4.50. The number of carbonyl (C=O) groups excluding carboxylic acids is 2. The normalized spacial score (nSPS) is 10.2. The van der Waals surface area contributed by atoms with Gasteiger partial charge < -0.3 is 21.1 Å². The predicted octanol–water partition coefficient (Wildman–Crippen LogP) is 0.735. The van der Waals surface area contributed by atoms with Crippen molar-refractivity contribution in [3.63, 3.8) is 0 Å². The molecule has 0 bridgehead atoms. The molecule has 0 unspecified atom stereocenters. The van der Waals surface area contributed by atoms with Crippen molar-refractivity contribution in [2.75, 3.05) is 25.0 Å². The van der Waals surface area contributed by atoms with E-state index in [9.17, 15) is 9.59 Å². The van der Waals surface area contributed by atoms with Crippen LogP contribution >= 0.6 is 0 Å². The monoisotopic (exact) mass is 279 g/mol. The van der Waals surface area contributed by atoms with Crippen LogP contribution in [0.3, 0.4) is 0 Å². The number of hydrogen-bond acceptors (Lipinski definition) is 4. The molecule has 0 aromatic heterocycles. The highest BCUT2D eigenvalue weighted by Gasteiger charge is 2.05. The first kappa shape index (κ1) is 16.0. The largest absolute Gasteiger partial charge is 0.493 e. The maximum Gasteiger partial charge on any atom is 0.243 e. The first-order valence-corrected chi connectivity index (χ1v) is 6.50. The van der Waals surface area contributed by atoms with E-state index in [0.29, 0.717) is 24.0 Å². The van der Waals surface area contributed by atoms with E-state index in [1.807, 2.05) is 6.07 Å². The van der Waals surface area contributed by atoms with Crippen molar-refractivity contribution in [1.29, 1.82) is 0 Å². The maximum atomic E-state index is 11.6. The minimum Gasteiger partial charge on any atom is -0.493 e. The molecular weight excluding hydrogens is 258 g/mol. The molecule has 0 aliphatic carbocycles. The highest BCUT2D eigenvalue weighted by atomic mass is 16.5. The molecule has 6 heteroatoms. The smallest absolute Gasteiger partial charge is 0.243 e. The summed E-state index contributed by atoms with van der Waals surface area (Å²) in [6.07, 6.45) is 0. The molecule has 2 amide bonds. The fourth-order valence-corrected chi connectivity index (χ4v) is 1.38. The summed E-state index contributed by atoms with van der Waals surface area (Å²) in [5.74, 6) is 0.448. The van der Waals surface area contributed by atoms with Crippen LogP contribution in [0.15, 0.2) is 24.3 Å². The van der Waals surface area contributed by atoms with Crippen molar-refractivity contribution in [2.45, 2.75) is 13.8 Å². The van der Waals surface area contributed by atoms with Gasteiger partial charge in [0.15, 0.2) is 0 Å². The fraction of sp³-hybridized carbons (Fsp3) is 0.429. The summed E-state index contributed by atoms with van der Waals surface area (Å²) < 4.78 is 5.57. The SMILES string of the molecule is CC(C)COc1cccc(NC(=O)CNC(=O)CN)c1. The van der Waals surface area contributed by atoms with Crippen LogP contribution in [0.4, 0.5) is 5.69 Å². The highest BCUT2D eigenvalue weighted by molar-refractivity contribution is 5.94. The Morgan fingerprint density at radius 2 is 2.05 bits per heavy atom. The third-order valence-corrected chi connectivity index (χ3v) is 2.33. The minimum absolute atomic E-state index is 0.104. The van der Waals surface area contributed by atoms with Crippen molar-refractivity contribution in [2.24, 2.45) is 11.7 Å². The first-order valence-electron chi connectivity index (χ1n) is 6.50. The molecule has 0 saturated carbocycles. The molecule has 20 heavy (non-hydrogen) atoms. The van der Waals surface area contributed by atoms with Gasteiger partial charge >= 0.3 is 0 Å². The topological polar surface area (TPSA) is 93.5 Å². The Morgan fingerprint density at radius 1 is 1.30 bits per heavy atom. The molecule has 0 heterocycles. The molecule has 0 aliphatic rings. The quantitative estimate of drug-likeness (QED) is 0.686. The minimum atomic E-state index is -0.367. The summed E-state index contributed by atoms with van der Waals surface area (Å²) in [4.78, 5) is 22.5. The Balaban J connectivity index is 2.48. The van der Waals surface area contributed by atoms with Gasteiger partial charge in [0.05, 0.1) is 19.7 Å². The number of nitrogens with one attached hydrogen (secondary N) is 2. The molecule has 0 radical (unpaired) electrons. The van der Waals surface area contributed by atoms with E-state index >= 15 is 0 Å². The third-order valence-electron chi connectivity index (χ3n) is 2.33. The highest BCUT2D eigenvalue weighted by Crippen LogP contribution is 2.17. The van der Waals surface area contributed by atoms with Crippen LogP contribution in [0.2, 0.25) is 0 Å². The van der Waals surface area contributed by atoms with E-state index in [2.05, 4.69) is 24.5 Å². The van der Waals surface area contributed by atoms with E-state index in [4.69, 9.17) is 10.5 Å². The zero-order valence-corrected chi connectivity index (χ0v) is 11.8. The predicted molar refractivity (Wildman–Crippen MR) is 77.5 cm³/mol. The van der Waals surface area contributed by atoms with Gasteiger partial charge in [0.25, 0.3) is 0 Å². The summed E-state index contributed by atoms with van der Waals surface area (Å²) in [5.41, 5.74) is 5.75. The van der Waals surface area contributed by atoms with Crippen molar-refractivity contribution in [3.05, 3.63) is 24.3 Å². The third kappa shape index (κ3) is 6.19. The van der Waals surface area contributed by atoms with Crippen LogP contribution in [-0.4, -0.2) is 31.5 Å². The lowest BCUT2D eigenvalue weighted by atomic mass is 10.2. The average molecular weight is 279 g/mol. The summed E-state index contributed by atoms with van der Waals surface area (Å²) >= 11 is 0. The maximum absolute atomic E-state index is 11.6. The van der Waals surface area contributed by atoms with E-state index in [1.165, 1.54) is 0 Å². The van der Waals surface area contributed by atoms with Crippen LogP contribution in [0, 0.1) is 5.92 Å². The molecule has 0 aliphatic heterocycles. The number of rotatable bonds is 7. The van der Waals surface area contributed by atoms with Crippen molar-refractivity contribution >= 4 is 17.5 Å². The Bertz CT molecular complexity index is 461. The van der Waals surface area contributed by atoms with Crippen LogP contribution in [0.25, 0.3) is 0 Å². The molecule has 1 aromatic carbocycles. The molecule has 0 spiro atoms. The van der Waals surface area contributed by atoms with E-state index < -0.39 is 0 Å². The average Bonchev–Trinajstić information content (AvgIpc) is 2.43. The summed E-state index contributed by atoms with van der Waals surface area (Å²) in [5, 5.41) is 5.07. The van der Waals surface area contributed by atoms with Gasteiger partial charge in [-0.25, -0.2) is 0 Å². The van der Waals surface area contributed by atoms with Gasteiger partial charge in [-0.3, -0.25) is 9.59 Å². The van der Waals surface area contributed by atoms with Gasteiger partial charge in [-0.15, -0.1) is 0 Å². The van der Waals surface area contributed by atoms with Crippen molar-refractivity contribution in [1.82, 2.24) is 5.32 Å². The Labute approximate surface area is 118 Å². The van der Waals surface area contributed by atoms with Gasteiger partial charge in [0.1, 0.15) is 5.75 Å². The van der Waals surface area contributed by atoms with Gasteiger partial charge in [-0.1, -0.05) is 19.9 Å². The van der Waals surface area contributed by atoms with E-state index in [0.717, 1.165) is 0 Å². The van der Waals surface area contributed by atoms with Gasteiger partial charge in [-0.2, -0.15) is 0 Å². The van der Waals surface area contributed by atoms with Crippen molar-refractivity contribution < 1.29 is 14.3 Å². The second-order valence-corrected chi connectivity index (χ2v) is 4.76. The Hall–Kier alpha value is -2.08. The standard InChI is InChI=1S/C14H21N3O3/c1-10(2)9-20-12-5-3-4-11(6-12)17-14(19)8-16-13(18)7-15/h3-6,10H,7-9,15H2,1-2H3,(H,16,18)(H,17,19). The fourth-order valence-electron chi connectivity index (χ4n) is 1.38. The number of amides is 2. The second kappa shape index (κ2) is 8.16. The van der Waals surface area contributed by atoms with Crippen LogP contribution < -0.4 is 21.1 Å². The number of ether oxygens (including phenoxy) is 1. The molecule has 1 aromatic rings. The zero-order valence-electron chi connectivity index (χ0n) is 11.8. The molecule has 6 nitrogen and oxygen atoms in total. The number of hydrogen-bond donors (Lipinski definition) is 3. The van der Waals surface area contributed by atoms with Gasteiger partial charge in [-0.05, 0) is 18.1 Å². The Kier molecular flexibility index (Phi) is 6.52. The summed E-state index contributed by atoms with van der Waals surface area (Å²) in [6, 6.07) is 7.12. The molecule has 1 rings (SSSR count). The van der Waals surface area contributed by atoms with Crippen LogP contribution in [-0.2, 0) is 9.59 Å². The van der Waals surface area contributed by atoms with Crippen LogP contribution in [0.5, 0.6) is 5.75 Å². The lowest BCUT2D eigenvalue weighted by Gasteiger charge is -2.11. The molecule has 0 fully saturated rings. The molecular formula is C14H21N3O3. The lowest BCUT2D eigenvalue weighted by Crippen LogP contribution is -2.36. The number of anilines is 1. The van der Waals surface area contributed by atoms with Gasteiger partial charge in [0.2, 0.25) is 11.8 Å². The number of nitrogens with two attached hydrogens (primary N) is 1. The molecule has 4 N–H and O–H groups in total. The van der Waals surface area contributed by atoms with Crippen molar-refractivity contribution in [3.8, 4) is 5.75 Å². The molecule has 0 saturated heterocycles. The Morgan fingerprint density at radius 3 is 2.70 bits per heavy atom. The zero-order chi connectivity index (χ0) is 15.0. The van der Waals surface area contributed by atoms with E-state index in [-0.39, 0.29) is 24.9 Å². The van der Waals surface area contributed by atoms with Crippen LogP contribution in [0.1, 0.15) is 13.8 Å². The molecule has 110 valence electrons. The number of carbonyl (C=O) groups is 2. The molecule has 0 atom stereocenters. The summed E-state index contributed by atoms with van der Waals surface area (Å²) in [7, 11) is 0. The number of benzene rings is 1. The lowest BCUT2D eigenvalue weighted by molar-refractivity contribution is -0.123. The van der Waals surface area contributed by atoms with E-state index in [1.54, 1.807) is 18.2 Å².